The van der Waals surface area contributed by atoms with Crippen molar-refractivity contribution in [3.63, 3.8) is 0 Å². The number of fused-ring (bicyclic) bond motifs is 2. The molecule has 6 rings (SSSR count). The number of nitro benzene ring substituents is 1. The maximum absolute atomic E-state index is 13.5. The SMILES string of the molecule is O=c1c2ccccc2nc(-c2cc3ccccc3o2)n1N=Cc1ccc(OCc2ccc(Br)cc2Br)c([N+](=O)[O-])c1. The standard InChI is InChI=1S/C30H18Br2N4O5/c31-21-11-10-20(23(32)15-21)17-40-27-12-9-18(13-25(27)36(38)39)16-33-35-29(28-14-19-5-1-4-8-26(19)41-28)34-24-7-3-2-6-22(24)30(35)37/h1-16H,17H2. The largest absolute Gasteiger partial charge is 0.482 e. The first-order valence-corrected chi connectivity index (χ1v) is 13.9. The Hall–Kier alpha value is -4.61. The normalized spacial score (nSPS) is 11.5. The molecule has 41 heavy (non-hydrogen) atoms. The van der Waals surface area contributed by atoms with Crippen molar-refractivity contribution in [2.45, 2.75) is 6.61 Å². The van der Waals surface area contributed by atoms with Gasteiger partial charge in [-0.3, -0.25) is 14.9 Å². The van der Waals surface area contributed by atoms with Crippen LogP contribution in [0.2, 0.25) is 0 Å². The number of hydrogen-bond donors (Lipinski definition) is 0. The van der Waals surface area contributed by atoms with E-state index in [1.807, 2.05) is 42.5 Å². The van der Waals surface area contributed by atoms with Crippen molar-refractivity contribution in [1.82, 2.24) is 9.66 Å². The maximum Gasteiger partial charge on any atom is 0.311 e. The zero-order valence-corrected chi connectivity index (χ0v) is 24.2. The first-order valence-electron chi connectivity index (χ1n) is 12.3. The van der Waals surface area contributed by atoms with Gasteiger partial charge in [-0.2, -0.15) is 9.78 Å². The minimum absolute atomic E-state index is 0.106. The van der Waals surface area contributed by atoms with Crippen LogP contribution in [-0.4, -0.2) is 20.8 Å². The van der Waals surface area contributed by atoms with Gasteiger partial charge in [-0.25, -0.2) is 4.98 Å². The molecule has 0 bridgehead atoms. The van der Waals surface area contributed by atoms with Gasteiger partial charge >= 0.3 is 5.69 Å². The van der Waals surface area contributed by atoms with Crippen molar-refractivity contribution in [3.8, 4) is 17.3 Å². The molecule has 2 aromatic heterocycles. The van der Waals surface area contributed by atoms with Crippen molar-refractivity contribution in [3.05, 3.63) is 132 Å². The van der Waals surface area contributed by atoms with Crippen LogP contribution in [0.4, 0.5) is 5.69 Å². The van der Waals surface area contributed by atoms with E-state index in [0.717, 1.165) is 24.6 Å². The zero-order valence-electron chi connectivity index (χ0n) is 21.0. The monoisotopic (exact) mass is 672 g/mol. The average Bonchev–Trinajstić information content (AvgIpc) is 3.41. The quantitative estimate of drug-likeness (QED) is 0.0975. The van der Waals surface area contributed by atoms with Crippen molar-refractivity contribution in [2.75, 3.05) is 0 Å². The van der Waals surface area contributed by atoms with Crippen LogP contribution < -0.4 is 10.3 Å². The van der Waals surface area contributed by atoms with E-state index in [-0.39, 0.29) is 23.9 Å². The van der Waals surface area contributed by atoms with Crippen LogP contribution in [0.3, 0.4) is 0 Å². The van der Waals surface area contributed by atoms with Gasteiger partial charge in [-0.05, 0) is 48.5 Å². The van der Waals surface area contributed by atoms with Gasteiger partial charge in [0.15, 0.2) is 11.5 Å². The Labute approximate surface area is 249 Å². The summed E-state index contributed by atoms with van der Waals surface area (Å²) >= 11 is 6.88. The number of aromatic nitrogens is 2. The molecule has 0 unspecified atom stereocenters. The molecular weight excluding hydrogens is 656 g/mol. The Balaban J connectivity index is 1.38. The lowest BCUT2D eigenvalue weighted by molar-refractivity contribution is -0.385. The highest BCUT2D eigenvalue weighted by molar-refractivity contribution is 9.11. The zero-order chi connectivity index (χ0) is 28.5. The Morgan fingerprint density at radius 1 is 1.00 bits per heavy atom. The number of nitro groups is 1. The molecule has 0 aliphatic heterocycles. The van der Waals surface area contributed by atoms with Crippen LogP contribution in [-0.2, 0) is 6.61 Å². The first-order chi connectivity index (χ1) is 19.9. The number of benzene rings is 4. The van der Waals surface area contributed by atoms with Crippen LogP contribution in [0.15, 0.2) is 114 Å². The average molecular weight is 674 g/mol. The predicted molar refractivity (Wildman–Crippen MR) is 163 cm³/mol. The summed E-state index contributed by atoms with van der Waals surface area (Å²) in [5.74, 6) is 0.671. The Kier molecular flexibility index (Phi) is 7.21. The first kappa shape index (κ1) is 26.6. The summed E-state index contributed by atoms with van der Waals surface area (Å²) in [6.07, 6.45) is 1.37. The highest BCUT2D eigenvalue weighted by Gasteiger charge is 2.18. The minimum Gasteiger partial charge on any atom is -0.482 e. The lowest BCUT2D eigenvalue weighted by Gasteiger charge is -2.09. The third-order valence-electron chi connectivity index (χ3n) is 6.30. The third-order valence-corrected chi connectivity index (χ3v) is 7.53. The number of hydrogen-bond acceptors (Lipinski definition) is 7. The molecule has 0 saturated heterocycles. The Morgan fingerprint density at radius 3 is 2.61 bits per heavy atom. The maximum atomic E-state index is 13.5. The number of rotatable bonds is 7. The van der Waals surface area contributed by atoms with Crippen LogP contribution in [0.1, 0.15) is 11.1 Å². The fourth-order valence-electron chi connectivity index (χ4n) is 4.28. The number of para-hydroxylation sites is 2. The van der Waals surface area contributed by atoms with E-state index in [4.69, 9.17) is 9.15 Å². The van der Waals surface area contributed by atoms with E-state index in [9.17, 15) is 14.9 Å². The molecular formula is C30H18Br2N4O5. The van der Waals surface area contributed by atoms with Gasteiger partial charge in [0.05, 0.1) is 22.0 Å². The highest BCUT2D eigenvalue weighted by atomic mass is 79.9. The van der Waals surface area contributed by atoms with Gasteiger partial charge in [0.1, 0.15) is 12.2 Å². The summed E-state index contributed by atoms with van der Waals surface area (Å²) < 4.78 is 14.6. The molecule has 0 aliphatic rings. The lowest BCUT2D eigenvalue weighted by Crippen LogP contribution is -2.20. The molecule has 0 N–H and O–H groups in total. The molecule has 0 aliphatic carbocycles. The summed E-state index contributed by atoms with van der Waals surface area (Å²) in [5.41, 5.74) is 1.72. The Morgan fingerprint density at radius 2 is 1.80 bits per heavy atom. The van der Waals surface area contributed by atoms with Crippen molar-refractivity contribution in [1.29, 1.82) is 0 Å². The van der Waals surface area contributed by atoms with Gasteiger partial charge < -0.3 is 9.15 Å². The Bertz CT molecular complexity index is 2020. The summed E-state index contributed by atoms with van der Waals surface area (Å²) in [4.78, 5) is 29.5. The molecule has 2 heterocycles. The van der Waals surface area contributed by atoms with E-state index >= 15 is 0 Å². The van der Waals surface area contributed by atoms with Crippen LogP contribution in [0, 0.1) is 10.1 Å². The third kappa shape index (κ3) is 5.41. The molecule has 0 amide bonds. The fourth-order valence-corrected chi connectivity index (χ4v) is 5.44. The van der Waals surface area contributed by atoms with Gasteiger partial charge in [0.2, 0.25) is 5.82 Å². The second-order valence-corrected chi connectivity index (χ2v) is 10.7. The molecule has 9 nitrogen and oxygen atoms in total. The molecule has 4 aromatic carbocycles. The topological polar surface area (TPSA) is 113 Å². The van der Waals surface area contributed by atoms with E-state index in [0.29, 0.717) is 27.8 Å². The van der Waals surface area contributed by atoms with E-state index < -0.39 is 10.5 Å². The molecule has 202 valence electrons. The molecule has 0 saturated carbocycles. The molecule has 0 spiro atoms. The summed E-state index contributed by atoms with van der Waals surface area (Å²) in [5, 5.41) is 17.5. The number of furan rings is 1. The number of halogens is 2. The smallest absolute Gasteiger partial charge is 0.311 e. The number of ether oxygens (including phenoxy) is 1. The molecule has 0 radical (unpaired) electrons. The lowest BCUT2D eigenvalue weighted by atomic mass is 10.2. The molecule has 11 heteroatoms. The summed E-state index contributed by atoms with van der Waals surface area (Å²) in [7, 11) is 0. The van der Waals surface area contributed by atoms with E-state index in [1.165, 1.54) is 18.3 Å². The van der Waals surface area contributed by atoms with Gasteiger partial charge in [0.25, 0.3) is 5.56 Å². The fraction of sp³-hybridized carbons (Fsp3) is 0.0333. The second kappa shape index (κ2) is 11.1. The van der Waals surface area contributed by atoms with Crippen LogP contribution >= 0.6 is 31.9 Å². The second-order valence-electron chi connectivity index (χ2n) is 8.97. The van der Waals surface area contributed by atoms with Crippen molar-refractivity contribution >= 4 is 65.6 Å². The van der Waals surface area contributed by atoms with Gasteiger partial charge in [0, 0.05) is 31.5 Å². The summed E-state index contributed by atoms with van der Waals surface area (Å²) in [6, 6.07) is 26.3. The van der Waals surface area contributed by atoms with Gasteiger partial charge in [-0.15, -0.1) is 0 Å². The van der Waals surface area contributed by atoms with Crippen molar-refractivity contribution < 1.29 is 14.1 Å². The molecule has 6 aromatic rings. The van der Waals surface area contributed by atoms with Crippen LogP contribution in [0.25, 0.3) is 33.5 Å². The highest BCUT2D eigenvalue weighted by Crippen LogP contribution is 2.31. The van der Waals surface area contributed by atoms with Crippen molar-refractivity contribution in [2.24, 2.45) is 5.10 Å². The van der Waals surface area contributed by atoms with Gasteiger partial charge in [-0.1, -0.05) is 68.3 Å². The van der Waals surface area contributed by atoms with E-state index in [2.05, 4.69) is 41.9 Å². The van der Waals surface area contributed by atoms with E-state index in [1.54, 1.807) is 36.4 Å². The minimum atomic E-state index is -0.521. The predicted octanol–water partition coefficient (Wildman–Crippen LogP) is 7.70. The summed E-state index contributed by atoms with van der Waals surface area (Å²) in [6.45, 7) is 0.126. The number of nitrogens with zero attached hydrogens (tertiary/aromatic N) is 4. The molecule has 0 fully saturated rings. The molecule has 0 atom stereocenters. The van der Waals surface area contributed by atoms with Crippen LogP contribution in [0.5, 0.6) is 5.75 Å².